The van der Waals surface area contributed by atoms with Crippen LogP contribution in [0.1, 0.15) is 130 Å². The number of terminal acetylenes is 1. The topological polar surface area (TPSA) is 51.6 Å². The molecule has 7 nitrogen and oxygen atoms in total. The molecule has 59 heavy (non-hydrogen) atoms. The molecule has 0 saturated carbocycles. The first-order chi connectivity index (χ1) is 27.9. The van der Waals surface area contributed by atoms with Crippen LogP contribution < -0.4 is 50.2 Å². The molecule has 322 valence electrons. The minimum atomic E-state index is -4.36. The number of hydrogen-bond acceptors (Lipinski definition) is 6. The van der Waals surface area contributed by atoms with Crippen molar-refractivity contribution in [3.63, 3.8) is 0 Å². The number of hydrazine groups is 1. The molecule has 2 aromatic heterocycles. The van der Waals surface area contributed by atoms with Gasteiger partial charge < -0.3 is 19.8 Å². The summed E-state index contributed by atoms with van der Waals surface area (Å²) in [6.45, 7) is 22.3. The van der Waals surface area contributed by atoms with Crippen LogP contribution in [0, 0.1) is 24.2 Å². The Morgan fingerprint density at radius 2 is 1.68 bits per heavy atom. The molecule has 1 unspecified atom stereocenters. The van der Waals surface area contributed by atoms with E-state index < -0.39 is 12.7 Å². The fourth-order valence-electron chi connectivity index (χ4n) is 8.43. The van der Waals surface area contributed by atoms with E-state index in [0.717, 1.165) is 98.5 Å². The van der Waals surface area contributed by atoms with Gasteiger partial charge in [0.15, 0.2) is 0 Å². The summed E-state index contributed by atoms with van der Waals surface area (Å²) in [4.78, 5) is 12.3. The number of nitrogens with one attached hydrogen (secondary N) is 2. The van der Waals surface area contributed by atoms with Crippen LogP contribution in [0.25, 0.3) is 22.2 Å². The minimum absolute atomic E-state index is 0. The van der Waals surface area contributed by atoms with Gasteiger partial charge in [-0.1, -0.05) is 79.0 Å². The maximum absolute atomic E-state index is 14.4. The zero-order valence-electron chi connectivity index (χ0n) is 37.6. The SMILES string of the molecule is C#CCC.C=CNNCCCCCC.C[CH-]c1ncc(N2CCN3CCCCC3C2)cc1-c1c(CC(C)(C)CC)c2cc(N3CCCCC3)ccc2n1CC(F)(F)F.[Na+]. The van der Waals surface area contributed by atoms with Crippen LogP contribution in [-0.2, 0) is 13.0 Å². The van der Waals surface area contributed by atoms with Crippen molar-refractivity contribution in [2.24, 2.45) is 5.41 Å². The van der Waals surface area contributed by atoms with Crippen molar-refractivity contribution < 1.29 is 42.7 Å². The van der Waals surface area contributed by atoms with Crippen LogP contribution in [-0.4, -0.2) is 72.5 Å². The van der Waals surface area contributed by atoms with E-state index in [9.17, 15) is 13.2 Å². The third-order valence-corrected chi connectivity index (χ3v) is 12.0. The zero-order chi connectivity index (χ0) is 42.1. The molecule has 2 N–H and O–H groups in total. The summed E-state index contributed by atoms with van der Waals surface area (Å²) < 4.78 is 44.7. The Bertz CT molecular complexity index is 1740. The molecule has 3 aliphatic heterocycles. The van der Waals surface area contributed by atoms with Crippen LogP contribution in [0.15, 0.2) is 43.2 Å². The third-order valence-electron chi connectivity index (χ3n) is 12.0. The fraction of sp³-hybridized carbons (Fsp3) is 0.625. The first kappa shape index (κ1) is 50.5. The van der Waals surface area contributed by atoms with Crippen molar-refractivity contribution in [3.8, 4) is 23.6 Å². The van der Waals surface area contributed by atoms with Crippen molar-refractivity contribution in [3.05, 3.63) is 60.9 Å². The smallest absolute Gasteiger partial charge is 0.372 e. The summed E-state index contributed by atoms with van der Waals surface area (Å²) in [6, 6.07) is 8.81. The Kier molecular flexibility index (Phi) is 21.6. The first-order valence-corrected chi connectivity index (χ1v) is 22.2. The van der Waals surface area contributed by atoms with Crippen LogP contribution in [0.5, 0.6) is 0 Å². The first-order valence-electron chi connectivity index (χ1n) is 22.2. The van der Waals surface area contributed by atoms with Gasteiger partial charge in [-0.2, -0.15) is 13.2 Å². The van der Waals surface area contributed by atoms with E-state index in [1.807, 2.05) is 38.6 Å². The number of pyridine rings is 1. The van der Waals surface area contributed by atoms with Gasteiger partial charge in [0.05, 0.1) is 0 Å². The average Bonchev–Trinajstić information content (AvgIpc) is 3.51. The second-order valence-corrected chi connectivity index (χ2v) is 16.9. The van der Waals surface area contributed by atoms with Crippen LogP contribution in [0.3, 0.4) is 0 Å². The van der Waals surface area contributed by atoms with Gasteiger partial charge in [0.1, 0.15) is 6.54 Å². The molecule has 3 fully saturated rings. The molecule has 0 bridgehead atoms. The van der Waals surface area contributed by atoms with E-state index in [2.05, 4.69) is 77.9 Å². The van der Waals surface area contributed by atoms with Gasteiger partial charge >= 0.3 is 35.7 Å². The minimum Gasteiger partial charge on any atom is -0.372 e. The second-order valence-electron chi connectivity index (χ2n) is 16.9. The number of fused-ring (bicyclic) bond motifs is 2. The number of anilines is 2. The number of hydrogen-bond donors (Lipinski definition) is 2. The Morgan fingerprint density at radius 1 is 0.949 bits per heavy atom. The maximum Gasteiger partial charge on any atom is 1.00 e. The van der Waals surface area contributed by atoms with Crippen molar-refractivity contribution in [1.82, 2.24) is 25.3 Å². The molecule has 0 aliphatic carbocycles. The predicted molar refractivity (Wildman–Crippen MR) is 240 cm³/mol. The molecule has 1 atom stereocenters. The number of benzene rings is 1. The van der Waals surface area contributed by atoms with E-state index in [1.54, 1.807) is 10.8 Å². The number of rotatable bonds is 15. The number of piperidine rings is 2. The molecule has 3 aliphatic rings. The number of piperazine rings is 1. The van der Waals surface area contributed by atoms with Gasteiger partial charge in [0.25, 0.3) is 0 Å². The molecule has 0 spiro atoms. The number of unbranched alkanes of at least 4 members (excludes halogenated alkanes) is 3. The van der Waals surface area contributed by atoms with E-state index in [4.69, 9.17) is 11.4 Å². The Hall–Kier alpha value is -2.81. The van der Waals surface area contributed by atoms with E-state index in [0.29, 0.717) is 23.7 Å². The monoisotopic (exact) mass is 828 g/mol. The van der Waals surface area contributed by atoms with Gasteiger partial charge in [-0.25, -0.2) is 11.8 Å². The van der Waals surface area contributed by atoms with Gasteiger partial charge in [0.2, 0.25) is 0 Å². The van der Waals surface area contributed by atoms with E-state index in [1.165, 1.54) is 57.9 Å². The molecule has 0 amide bonds. The molecule has 3 saturated heterocycles. The van der Waals surface area contributed by atoms with Gasteiger partial charge in [0, 0.05) is 86.4 Å². The standard InChI is InChI=1S/C36H49F3N5.C8H18N2.C4H6.Na/c1-5-32-30(21-28(23-40-32)43-19-18-42-17-11-8-12-27(42)24-43)34-31(22-35(3,4)6-2)29-20-26(41-15-9-7-10-16-41)13-14-33(29)44(34)25-36(37,38)39;1-3-5-6-7-8-10-9-4-2;1-3-4-2;/h5,13-14,20-21,23,27H,6-12,15-19,22,24-25H2,1-4H3;4,9-10H,2-3,5-8H2,1H3;1H,4H2,2H3;/q-1;;;+1. The second kappa shape index (κ2) is 25.2. The molecule has 1 aromatic carbocycles. The van der Waals surface area contributed by atoms with Crippen molar-refractivity contribution in [1.29, 1.82) is 0 Å². The van der Waals surface area contributed by atoms with Gasteiger partial charge in [-0.3, -0.25) is 9.88 Å². The fourth-order valence-corrected chi connectivity index (χ4v) is 8.43. The quantitative estimate of drug-likeness (QED) is 0.0529. The summed E-state index contributed by atoms with van der Waals surface area (Å²) in [5.74, 6) is 2.43. The third kappa shape index (κ3) is 15.0. The average molecular weight is 828 g/mol. The van der Waals surface area contributed by atoms with Crippen LogP contribution in [0.4, 0.5) is 24.5 Å². The largest absolute Gasteiger partial charge is 1.00 e. The molecular weight excluding hydrogens is 755 g/mol. The Labute approximate surface area is 377 Å². The van der Waals surface area contributed by atoms with Crippen LogP contribution in [0.2, 0.25) is 0 Å². The zero-order valence-corrected chi connectivity index (χ0v) is 39.6. The number of alkyl halides is 3. The summed E-state index contributed by atoms with van der Waals surface area (Å²) in [5.41, 5.74) is 11.8. The molecule has 11 heteroatoms. The van der Waals surface area contributed by atoms with Gasteiger partial charge in [-0.05, 0) is 86.4 Å². The molecule has 3 aromatic rings. The van der Waals surface area contributed by atoms with Crippen LogP contribution >= 0.6 is 0 Å². The Balaban J connectivity index is 0.000000534. The van der Waals surface area contributed by atoms with Crippen molar-refractivity contribution in [2.75, 3.05) is 55.6 Å². The predicted octanol–water partition coefficient (Wildman–Crippen LogP) is 8.32. The summed E-state index contributed by atoms with van der Waals surface area (Å²) in [6.07, 6.45) is 20.9. The maximum atomic E-state index is 14.4. The summed E-state index contributed by atoms with van der Waals surface area (Å²) >= 11 is 0. The summed E-state index contributed by atoms with van der Waals surface area (Å²) in [7, 11) is 0. The van der Waals surface area contributed by atoms with Crippen molar-refractivity contribution in [2.45, 2.75) is 144 Å². The number of halogens is 3. The Morgan fingerprint density at radius 3 is 2.32 bits per heavy atom. The van der Waals surface area contributed by atoms with E-state index in [-0.39, 0.29) is 35.0 Å². The van der Waals surface area contributed by atoms with E-state index >= 15 is 0 Å². The molecule has 5 heterocycles. The van der Waals surface area contributed by atoms with Gasteiger partial charge in [-0.15, -0.1) is 30.9 Å². The molecule has 0 radical (unpaired) electrons. The van der Waals surface area contributed by atoms with Crippen molar-refractivity contribution >= 4 is 22.3 Å². The molecular formula is C48H73F3N7Na. The normalized spacial score (nSPS) is 17.1. The summed E-state index contributed by atoms with van der Waals surface area (Å²) in [5, 5.41) is 0.942. The number of nitrogens with zero attached hydrogens (tertiary/aromatic N) is 5. The molecule has 6 rings (SSSR count). The number of aromatic nitrogens is 2.